The molecule has 0 amide bonds. The molecule has 0 saturated heterocycles. The number of hydrogen-bond donors (Lipinski definition) is 1. The van der Waals surface area contributed by atoms with Crippen LogP contribution in [0.5, 0.6) is 5.75 Å². The number of aromatic carboxylic acids is 1. The molecule has 1 aromatic heterocycles. The number of carboxylic acid groups (broad SMARTS) is 1. The zero-order valence-corrected chi connectivity index (χ0v) is 14.1. The third kappa shape index (κ3) is 2.60. The van der Waals surface area contributed by atoms with E-state index >= 15 is 0 Å². The molecule has 24 heavy (non-hydrogen) atoms. The fourth-order valence-corrected chi connectivity index (χ4v) is 3.37. The Balaban J connectivity index is 2.24. The maximum Gasteiger partial charge on any atom is 0.341 e. The Morgan fingerprint density at radius 2 is 2.08 bits per heavy atom. The number of carboxylic acids is 1. The van der Waals surface area contributed by atoms with Gasteiger partial charge in [0.15, 0.2) is 5.43 Å². The lowest BCUT2D eigenvalue weighted by molar-refractivity contribution is 0.0694. The molecule has 1 aliphatic heterocycles. The van der Waals surface area contributed by atoms with Gasteiger partial charge < -0.3 is 14.4 Å². The van der Waals surface area contributed by atoms with E-state index in [9.17, 15) is 14.7 Å². The predicted molar refractivity (Wildman–Crippen MR) is 92.0 cm³/mol. The van der Waals surface area contributed by atoms with Gasteiger partial charge in [-0.25, -0.2) is 4.79 Å². The van der Waals surface area contributed by atoms with Gasteiger partial charge in [0.05, 0.1) is 12.3 Å². The van der Waals surface area contributed by atoms with Gasteiger partial charge in [0.2, 0.25) is 0 Å². The minimum atomic E-state index is -1.18. The number of carbonyl (C=O) groups is 1. The van der Waals surface area contributed by atoms with Crippen molar-refractivity contribution in [2.75, 3.05) is 6.61 Å². The molecule has 1 atom stereocenters. The van der Waals surface area contributed by atoms with E-state index < -0.39 is 11.4 Å². The Bertz CT molecular complexity index is 866. The molecule has 2 aromatic rings. The standard InChI is InChI=1S/C19H21NO4/c1-4-13-7-12-8-18(24-5-2)11(3)6-14(12)16-9-17(21)15(19(22)23)10-20(13)16/h6,8-10,13H,4-5,7H2,1-3H3,(H,22,23). The average molecular weight is 327 g/mol. The summed E-state index contributed by atoms with van der Waals surface area (Å²) in [6, 6.07) is 5.65. The summed E-state index contributed by atoms with van der Waals surface area (Å²) in [7, 11) is 0. The van der Waals surface area contributed by atoms with Crippen LogP contribution >= 0.6 is 0 Å². The van der Waals surface area contributed by atoms with Crippen LogP contribution in [-0.2, 0) is 6.42 Å². The van der Waals surface area contributed by atoms with Crippen molar-refractivity contribution in [1.29, 1.82) is 0 Å². The second kappa shape index (κ2) is 6.15. The molecule has 1 aromatic carbocycles. The summed E-state index contributed by atoms with van der Waals surface area (Å²) in [4.78, 5) is 23.5. The van der Waals surface area contributed by atoms with Gasteiger partial charge in [0, 0.05) is 23.9 Å². The minimum Gasteiger partial charge on any atom is -0.494 e. The summed E-state index contributed by atoms with van der Waals surface area (Å²) >= 11 is 0. The van der Waals surface area contributed by atoms with E-state index in [1.54, 1.807) is 0 Å². The second-order valence-corrected chi connectivity index (χ2v) is 6.12. The normalized spacial score (nSPS) is 15.5. The molecule has 3 rings (SSSR count). The van der Waals surface area contributed by atoms with Crippen molar-refractivity contribution >= 4 is 5.97 Å². The van der Waals surface area contributed by atoms with Crippen molar-refractivity contribution in [3.63, 3.8) is 0 Å². The number of aromatic nitrogens is 1. The average Bonchev–Trinajstić information content (AvgIpc) is 2.54. The molecule has 126 valence electrons. The number of aryl methyl sites for hydroxylation is 1. The van der Waals surface area contributed by atoms with E-state index in [2.05, 4.69) is 13.0 Å². The van der Waals surface area contributed by atoms with Gasteiger partial charge in [0.1, 0.15) is 11.3 Å². The molecule has 5 nitrogen and oxygen atoms in total. The highest BCUT2D eigenvalue weighted by Gasteiger charge is 2.26. The third-order valence-corrected chi connectivity index (χ3v) is 4.61. The molecule has 1 unspecified atom stereocenters. The lowest BCUT2D eigenvalue weighted by atomic mass is 9.89. The van der Waals surface area contributed by atoms with E-state index in [1.165, 1.54) is 12.3 Å². The molecular weight excluding hydrogens is 306 g/mol. The molecule has 1 N–H and O–H groups in total. The van der Waals surface area contributed by atoms with Crippen LogP contribution < -0.4 is 10.2 Å². The first-order chi connectivity index (χ1) is 11.5. The number of hydrogen-bond acceptors (Lipinski definition) is 3. The monoisotopic (exact) mass is 327 g/mol. The third-order valence-electron chi connectivity index (χ3n) is 4.61. The molecular formula is C19H21NO4. The second-order valence-electron chi connectivity index (χ2n) is 6.12. The van der Waals surface area contributed by atoms with Crippen LogP contribution in [0.4, 0.5) is 0 Å². The van der Waals surface area contributed by atoms with Crippen LogP contribution in [0.2, 0.25) is 0 Å². The summed E-state index contributed by atoms with van der Waals surface area (Å²) in [5.41, 5.74) is 3.27. The molecule has 0 fully saturated rings. The van der Waals surface area contributed by atoms with E-state index in [-0.39, 0.29) is 11.6 Å². The Morgan fingerprint density at radius 1 is 1.33 bits per heavy atom. The Kier molecular flexibility index (Phi) is 4.18. The van der Waals surface area contributed by atoms with Crippen LogP contribution in [0.1, 0.15) is 47.8 Å². The van der Waals surface area contributed by atoms with Crippen LogP contribution in [0.25, 0.3) is 11.3 Å². The molecule has 1 aliphatic rings. The van der Waals surface area contributed by atoms with Crippen molar-refractivity contribution in [3.05, 3.63) is 51.3 Å². The summed E-state index contributed by atoms with van der Waals surface area (Å²) in [6.45, 7) is 6.60. The Hall–Kier alpha value is -2.56. The van der Waals surface area contributed by atoms with E-state index in [0.29, 0.717) is 6.61 Å². The highest BCUT2D eigenvalue weighted by atomic mass is 16.5. The molecule has 0 aliphatic carbocycles. The molecule has 0 spiro atoms. The van der Waals surface area contributed by atoms with Crippen LogP contribution in [0.15, 0.2) is 29.2 Å². The van der Waals surface area contributed by atoms with E-state index in [4.69, 9.17) is 4.74 Å². The highest BCUT2D eigenvalue weighted by Crippen LogP contribution is 2.38. The quantitative estimate of drug-likeness (QED) is 0.934. The Morgan fingerprint density at radius 3 is 2.71 bits per heavy atom. The number of fused-ring (bicyclic) bond motifs is 3. The summed E-state index contributed by atoms with van der Waals surface area (Å²) in [6.07, 6.45) is 3.14. The first kappa shape index (κ1) is 16.3. The first-order valence-corrected chi connectivity index (χ1v) is 8.22. The fourth-order valence-electron chi connectivity index (χ4n) is 3.37. The maximum atomic E-state index is 12.2. The number of benzene rings is 1. The SMILES string of the molecule is CCOc1cc2c(cc1C)-c1cc(=O)c(C(=O)O)cn1C(CC)C2. The number of rotatable bonds is 4. The number of pyridine rings is 1. The van der Waals surface area contributed by atoms with Gasteiger partial charge in [-0.05, 0) is 49.9 Å². The summed E-state index contributed by atoms with van der Waals surface area (Å²) < 4.78 is 7.63. The number of nitrogens with zero attached hydrogens (tertiary/aromatic N) is 1. The molecule has 0 bridgehead atoms. The fraction of sp³-hybridized carbons (Fsp3) is 0.368. The summed E-state index contributed by atoms with van der Waals surface area (Å²) in [5, 5.41) is 9.23. The van der Waals surface area contributed by atoms with Crippen molar-refractivity contribution in [2.24, 2.45) is 0 Å². The zero-order chi connectivity index (χ0) is 17.4. The largest absolute Gasteiger partial charge is 0.494 e. The molecule has 5 heteroatoms. The van der Waals surface area contributed by atoms with Gasteiger partial charge in [0.25, 0.3) is 0 Å². The van der Waals surface area contributed by atoms with Crippen molar-refractivity contribution in [1.82, 2.24) is 4.57 Å². The first-order valence-electron chi connectivity index (χ1n) is 8.22. The van der Waals surface area contributed by atoms with Crippen molar-refractivity contribution in [3.8, 4) is 17.0 Å². The predicted octanol–water partition coefficient (Wildman–Crippen LogP) is 3.43. The van der Waals surface area contributed by atoms with Gasteiger partial charge in [-0.2, -0.15) is 0 Å². The van der Waals surface area contributed by atoms with Crippen molar-refractivity contribution in [2.45, 2.75) is 39.7 Å². The van der Waals surface area contributed by atoms with Gasteiger partial charge in [-0.1, -0.05) is 6.92 Å². The molecule has 0 saturated carbocycles. The molecule has 0 radical (unpaired) electrons. The van der Waals surface area contributed by atoms with Crippen LogP contribution in [0.3, 0.4) is 0 Å². The summed E-state index contributed by atoms with van der Waals surface area (Å²) in [5.74, 6) is -0.317. The van der Waals surface area contributed by atoms with Gasteiger partial charge >= 0.3 is 5.97 Å². The highest BCUT2D eigenvalue weighted by molar-refractivity contribution is 5.87. The lowest BCUT2D eigenvalue weighted by Crippen LogP contribution is -2.25. The van der Waals surface area contributed by atoms with Crippen LogP contribution in [0, 0.1) is 6.92 Å². The smallest absolute Gasteiger partial charge is 0.341 e. The molecule has 2 heterocycles. The minimum absolute atomic E-state index is 0.128. The number of ether oxygens (including phenoxy) is 1. The van der Waals surface area contributed by atoms with E-state index in [0.717, 1.165) is 41.0 Å². The van der Waals surface area contributed by atoms with E-state index in [1.807, 2.05) is 24.5 Å². The van der Waals surface area contributed by atoms with Crippen LogP contribution in [-0.4, -0.2) is 22.2 Å². The topological polar surface area (TPSA) is 68.5 Å². The van der Waals surface area contributed by atoms with Gasteiger partial charge in [-0.15, -0.1) is 0 Å². The lowest BCUT2D eigenvalue weighted by Gasteiger charge is -2.31. The Labute approximate surface area is 140 Å². The zero-order valence-electron chi connectivity index (χ0n) is 14.1. The maximum absolute atomic E-state index is 12.2. The van der Waals surface area contributed by atoms with Gasteiger partial charge in [-0.3, -0.25) is 4.79 Å². The van der Waals surface area contributed by atoms with Crippen molar-refractivity contribution < 1.29 is 14.6 Å².